The number of nitrogens with zero attached hydrogens (tertiary/aromatic N) is 3. The molecule has 1 aromatic rings. The lowest BCUT2D eigenvalue weighted by atomic mass is 10.1. The van der Waals surface area contributed by atoms with Gasteiger partial charge in [0.05, 0.1) is 31.3 Å². The zero-order valence-corrected chi connectivity index (χ0v) is 13.2. The molecule has 1 saturated carbocycles. The Hall–Kier alpha value is -1.40. The number of rotatable bonds is 5. The number of imidazole rings is 1. The molecule has 22 heavy (non-hydrogen) atoms. The summed E-state index contributed by atoms with van der Waals surface area (Å²) >= 11 is 0. The molecule has 1 aliphatic carbocycles. The number of fused-ring (bicyclic) bond motifs is 1. The van der Waals surface area contributed by atoms with E-state index in [1.807, 2.05) is 17.4 Å². The lowest BCUT2D eigenvalue weighted by Gasteiger charge is -2.24. The summed E-state index contributed by atoms with van der Waals surface area (Å²) < 4.78 is 13.2. The molecule has 1 fully saturated rings. The fourth-order valence-corrected chi connectivity index (χ4v) is 3.42. The summed E-state index contributed by atoms with van der Waals surface area (Å²) in [5.74, 6) is 0.360. The molecular weight excluding hydrogens is 282 g/mol. The van der Waals surface area contributed by atoms with Gasteiger partial charge in [-0.1, -0.05) is 12.8 Å². The van der Waals surface area contributed by atoms with Gasteiger partial charge in [-0.15, -0.1) is 0 Å². The van der Waals surface area contributed by atoms with Gasteiger partial charge >= 0.3 is 0 Å². The molecule has 122 valence electrons. The van der Waals surface area contributed by atoms with Crippen LogP contribution in [0.25, 0.3) is 0 Å². The van der Waals surface area contributed by atoms with Gasteiger partial charge in [-0.3, -0.25) is 4.79 Å². The summed E-state index contributed by atoms with van der Waals surface area (Å²) in [4.78, 5) is 18.6. The third kappa shape index (κ3) is 3.67. The van der Waals surface area contributed by atoms with Gasteiger partial charge in [0.15, 0.2) is 0 Å². The van der Waals surface area contributed by atoms with E-state index in [9.17, 15) is 4.79 Å². The molecule has 0 N–H and O–H groups in total. The van der Waals surface area contributed by atoms with E-state index in [-0.39, 0.29) is 24.5 Å². The molecule has 2 heterocycles. The predicted octanol–water partition coefficient (Wildman–Crippen LogP) is 1.45. The molecule has 0 unspecified atom stereocenters. The maximum atomic E-state index is 12.5. The van der Waals surface area contributed by atoms with Crippen molar-refractivity contribution in [2.75, 3.05) is 26.9 Å². The average Bonchev–Trinajstić information content (AvgIpc) is 3.14. The number of carbonyl (C=O) groups is 1. The molecule has 6 heteroatoms. The largest absolute Gasteiger partial charge is 0.384 e. The Morgan fingerprint density at radius 3 is 2.95 bits per heavy atom. The Labute approximate surface area is 131 Å². The highest BCUT2D eigenvalue weighted by Crippen LogP contribution is 2.21. The Morgan fingerprint density at radius 1 is 1.36 bits per heavy atom. The zero-order chi connectivity index (χ0) is 15.4. The van der Waals surface area contributed by atoms with Crippen molar-refractivity contribution in [2.45, 2.75) is 44.9 Å². The fraction of sp³-hybridized carbons (Fsp3) is 0.750. The first kappa shape index (κ1) is 15.5. The van der Waals surface area contributed by atoms with E-state index < -0.39 is 0 Å². The maximum absolute atomic E-state index is 12.5. The van der Waals surface area contributed by atoms with E-state index in [4.69, 9.17) is 9.47 Å². The molecule has 1 atom stereocenters. The summed E-state index contributed by atoms with van der Waals surface area (Å²) in [6.07, 6.45) is 8.57. The summed E-state index contributed by atoms with van der Waals surface area (Å²) in [6.45, 7) is 3.00. The lowest BCUT2D eigenvalue weighted by Crippen LogP contribution is -2.38. The van der Waals surface area contributed by atoms with Crippen molar-refractivity contribution in [2.24, 2.45) is 5.92 Å². The zero-order valence-electron chi connectivity index (χ0n) is 13.2. The highest BCUT2D eigenvalue weighted by molar-refractivity contribution is 5.77. The van der Waals surface area contributed by atoms with Crippen molar-refractivity contribution >= 4 is 5.91 Å². The number of aromatic nitrogens is 2. The molecule has 1 aromatic heterocycles. The Kier molecular flexibility index (Phi) is 5.10. The third-order valence-electron chi connectivity index (χ3n) is 4.58. The van der Waals surface area contributed by atoms with Gasteiger partial charge in [-0.25, -0.2) is 4.98 Å². The van der Waals surface area contributed by atoms with Gasteiger partial charge in [-0.05, 0) is 12.8 Å². The first-order valence-corrected chi connectivity index (χ1v) is 8.13. The quantitative estimate of drug-likeness (QED) is 0.826. The van der Waals surface area contributed by atoms with Gasteiger partial charge in [0.2, 0.25) is 5.91 Å². The van der Waals surface area contributed by atoms with E-state index in [1.165, 1.54) is 12.8 Å². The van der Waals surface area contributed by atoms with Crippen LogP contribution in [0.2, 0.25) is 0 Å². The molecule has 6 nitrogen and oxygen atoms in total. The molecule has 1 aliphatic heterocycles. The Morgan fingerprint density at radius 2 is 2.18 bits per heavy atom. The molecule has 0 aromatic carbocycles. The van der Waals surface area contributed by atoms with Crippen molar-refractivity contribution in [3.8, 4) is 0 Å². The molecule has 0 spiro atoms. The molecule has 3 rings (SSSR count). The normalized spacial score (nSPS) is 22.6. The first-order valence-electron chi connectivity index (χ1n) is 8.13. The third-order valence-corrected chi connectivity index (χ3v) is 4.58. The SMILES string of the molecule is COC[C@H]1CN(C(=O)COC2CCCC2)Cc2cncn2C1. The summed E-state index contributed by atoms with van der Waals surface area (Å²) in [7, 11) is 1.70. The van der Waals surface area contributed by atoms with E-state index in [1.54, 1.807) is 7.11 Å². The van der Waals surface area contributed by atoms with Crippen molar-refractivity contribution in [3.05, 3.63) is 18.2 Å². The van der Waals surface area contributed by atoms with Crippen LogP contribution in [0.4, 0.5) is 0 Å². The minimum atomic E-state index is 0.0719. The second-order valence-corrected chi connectivity index (χ2v) is 6.35. The van der Waals surface area contributed by atoms with Crippen LogP contribution in [-0.4, -0.2) is 53.3 Å². The van der Waals surface area contributed by atoms with Crippen LogP contribution in [0, 0.1) is 5.92 Å². The van der Waals surface area contributed by atoms with E-state index in [0.717, 1.165) is 25.1 Å². The average molecular weight is 307 g/mol. The summed E-state index contributed by atoms with van der Waals surface area (Å²) in [5, 5.41) is 0. The number of carbonyl (C=O) groups excluding carboxylic acids is 1. The van der Waals surface area contributed by atoms with Crippen LogP contribution in [-0.2, 0) is 27.4 Å². The second kappa shape index (κ2) is 7.24. The minimum absolute atomic E-state index is 0.0719. The van der Waals surface area contributed by atoms with Crippen LogP contribution in [0.3, 0.4) is 0 Å². The maximum Gasteiger partial charge on any atom is 0.248 e. The highest BCUT2D eigenvalue weighted by atomic mass is 16.5. The van der Waals surface area contributed by atoms with Gasteiger partial charge in [0.25, 0.3) is 0 Å². The Balaban J connectivity index is 1.61. The highest BCUT2D eigenvalue weighted by Gasteiger charge is 2.26. The van der Waals surface area contributed by atoms with Crippen molar-refractivity contribution in [1.82, 2.24) is 14.5 Å². The number of hydrogen-bond acceptors (Lipinski definition) is 4. The molecule has 0 radical (unpaired) electrons. The van der Waals surface area contributed by atoms with E-state index in [2.05, 4.69) is 9.55 Å². The fourth-order valence-electron chi connectivity index (χ4n) is 3.42. The van der Waals surface area contributed by atoms with Gasteiger partial charge in [0, 0.05) is 32.3 Å². The minimum Gasteiger partial charge on any atom is -0.384 e. The topological polar surface area (TPSA) is 56.6 Å². The lowest BCUT2D eigenvalue weighted by molar-refractivity contribution is -0.139. The van der Waals surface area contributed by atoms with Gasteiger partial charge in [-0.2, -0.15) is 0 Å². The predicted molar refractivity (Wildman–Crippen MR) is 81.2 cm³/mol. The van der Waals surface area contributed by atoms with Crippen LogP contribution in [0.1, 0.15) is 31.4 Å². The standard InChI is InChI=1S/C16H25N3O3/c1-21-10-13-7-18(9-14-6-17-12-19(14)8-13)16(20)11-22-15-4-2-3-5-15/h6,12-13,15H,2-5,7-11H2,1H3/t13-/m0/s1. The molecule has 2 aliphatic rings. The number of ether oxygens (including phenoxy) is 2. The monoisotopic (exact) mass is 307 g/mol. The van der Waals surface area contributed by atoms with Crippen LogP contribution < -0.4 is 0 Å². The van der Waals surface area contributed by atoms with Gasteiger partial charge < -0.3 is 18.9 Å². The molecular formula is C16H25N3O3. The molecule has 0 bridgehead atoms. The summed E-state index contributed by atoms with van der Waals surface area (Å²) in [6, 6.07) is 0. The van der Waals surface area contributed by atoms with E-state index >= 15 is 0 Å². The second-order valence-electron chi connectivity index (χ2n) is 6.35. The number of amides is 1. The van der Waals surface area contributed by atoms with Crippen LogP contribution >= 0.6 is 0 Å². The number of hydrogen-bond donors (Lipinski definition) is 0. The first-order chi connectivity index (χ1) is 10.8. The molecule has 0 saturated heterocycles. The molecule has 1 amide bonds. The van der Waals surface area contributed by atoms with Crippen LogP contribution in [0.15, 0.2) is 12.5 Å². The van der Waals surface area contributed by atoms with Crippen molar-refractivity contribution < 1.29 is 14.3 Å². The van der Waals surface area contributed by atoms with Crippen molar-refractivity contribution in [3.63, 3.8) is 0 Å². The van der Waals surface area contributed by atoms with Crippen LogP contribution in [0.5, 0.6) is 0 Å². The van der Waals surface area contributed by atoms with Gasteiger partial charge in [0.1, 0.15) is 6.61 Å². The Bertz CT molecular complexity index is 497. The smallest absolute Gasteiger partial charge is 0.248 e. The number of methoxy groups -OCH3 is 1. The summed E-state index contributed by atoms with van der Waals surface area (Å²) in [5.41, 5.74) is 1.08. The van der Waals surface area contributed by atoms with E-state index in [0.29, 0.717) is 19.7 Å². The van der Waals surface area contributed by atoms with Crippen molar-refractivity contribution in [1.29, 1.82) is 0 Å².